The molecule has 64 valence electrons. The van der Waals surface area contributed by atoms with Crippen LogP contribution < -0.4 is 0 Å². The van der Waals surface area contributed by atoms with Gasteiger partial charge in [0.1, 0.15) is 0 Å². The summed E-state index contributed by atoms with van der Waals surface area (Å²) in [5, 5.41) is 10.2. The van der Waals surface area contributed by atoms with Crippen molar-refractivity contribution >= 4 is 10.9 Å². The molecule has 2 nitrogen and oxygen atoms in total. The minimum absolute atomic E-state index is 0. The van der Waals surface area contributed by atoms with Crippen LogP contribution in [0.4, 0.5) is 0 Å². The molecule has 0 radical (unpaired) electrons. The number of phenolic OH excluding ortho intramolecular Hbond substituents is 1. The smallest absolute Gasteiger partial charge is 0.519 e. The van der Waals surface area contributed by atoms with Crippen molar-refractivity contribution in [2.75, 3.05) is 0 Å². The van der Waals surface area contributed by atoms with E-state index in [2.05, 4.69) is 11.2 Å². The van der Waals surface area contributed by atoms with Crippen molar-refractivity contribution in [3.63, 3.8) is 0 Å². The topological polar surface area (TPSA) is 33.1 Å². The van der Waals surface area contributed by atoms with Crippen LogP contribution in [0.2, 0.25) is 0 Å². The Morgan fingerprint density at radius 1 is 1.25 bits per heavy atom. The maximum absolute atomic E-state index is 9.29. The molecule has 1 aromatic carbocycles. The van der Waals surface area contributed by atoms with E-state index in [4.69, 9.17) is 0 Å². The Morgan fingerprint density at radius 2 is 2.08 bits per heavy atom. The van der Waals surface area contributed by atoms with Crippen molar-refractivity contribution < 1.29 is 22.2 Å². The summed E-state index contributed by atoms with van der Waals surface area (Å²) in [6, 6.07) is 8.89. The molecule has 0 bridgehead atoms. The Labute approximate surface area is 80.7 Å². The Balaban J connectivity index is 0.000000720. The molecular formula is C9H6CuNO. The molecule has 0 saturated heterocycles. The number of aromatic hydroxyl groups is 1. The Morgan fingerprint density at radius 3 is 2.83 bits per heavy atom. The Bertz CT molecular complexity index is 384. The molecule has 0 aliphatic carbocycles. The van der Waals surface area contributed by atoms with Crippen molar-refractivity contribution in [3.8, 4) is 5.75 Å². The second kappa shape index (κ2) is 3.57. The molecule has 3 heteroatoms. The third kappa shape index (κ3) is 1.42. The molecule has 0 atom stereocenters. The van der Waals surface area contributed by atoms with Gasteiger partial charge in [-0.2, -0.15) is 12.1 Å². The van der Waals surface area contributed by atoms with Gasteiger partial charge in [0, 0.05) is 0 Å². The van der Waals surface area contributed by atoms with E-state index in [1.807, 2.05) is 12.1 Å². The van der Waals surface area contributed by atoms with Gasteiger partial charge < -0.3 is 10.1 Å². The van der Waals surface area contributed by atoms with Gasteiger partial charge in [-0.05, 0) is 11.6 Å². The molecule has 0 unspecified atom stereocenters. The summed E-state index contributed by atoms with van der Waals surface area (Å²) in [6.45, 7) is 0. The zero-order chi connectivity index (χ0) is 7.68. The van der Waals surface area contributed by atoms with Gasteiger partial charge in [0.25, 0.3) is 0 Å². The summed E-state index contributed by atoms with van der Waals surface area (Å²) >= 11 is 0. The average Bonchev–Trinajstić information content (AvgIpc) is 2.06. The number of nitrogens with zero attached hydrogens (tertiary/aromatic N) is 1. The summed E-state index contributed by atoms with van der Waals surface area (Å²) in [5.41, 5.74) is 0.606. The van der Waals surface area contributed by atoms with E-state index in [-0.39, 0.29) is 22.8 Å². The number of phenols is 1. The van der Waals surface area contributed by atoms with Crippen molar-refractivity contribution in [3.05, 3.63) is 36.5 Å². The van der Waals surface area contributed by atoms with Crippen LogP contribution in [-0.4, -0.2) is 10.1 Å². The monoisotopic (exact) mass is 207 g/mol. The molecule has 1 N–H and O–H groups in total. The summed E-state index contributed by atoms with van der Waals surface area (Å²) in [6.07, 6.45) is 2.67. The van der Waals surface area contributed by atoms with Crippen molar-refractivity contribution in [2.45, 2.75) is 0 Å². The molecule has 1 heterocycles. The third-order valence-electron chi connectivity index (χ3n) is 1.56. The molecule has 1 aromatic heterocycles. The molecular weight excluding hydrogens is 202 g/mol. The predicted octanol–water partition coefficient (Wildman–Crippen LogP) is 1.74. The summed E-state index contributed by atoms with van der Waals surface area (Å²) in [4.78, 5) is 3.91. The number of aromatic nitrogens is 1. The maximum atomic E-state index is 9.29. The van der Waals surface area contributed by atoms with Crippen LogP contribution >= 0.6 is 0 Å². The first-order chi connectivity index (χ1) is 5.38. The van der Waals surface area contributed by atoms with Gasteiger partial charge in [-0.15, -0.1) is 5.39 Å². The molecule has 12 heavy (non-hydrogen) atoms. The van der Waals surface area contributed by atoms with Gasteiger partial charge in [-0.3, -0.25) is 0 Å². The molecule has 0 aliphatic rings. The van der Waals surface area contributed by atoms with Gasteiger partial charge in [0.2, 0.25) is 0 Å². The zero-order valence-corrected chi connectivity index (χ0v) is 7.02. The predicted molar refractivity (Wildman–Crippen MR) is 42.2 cm³/mol. The molecule has 0 aliphatic heterocycles. The average molecular weight is 208 g/mol. The number of rotatable bonds is 0. The second-order valence-corrected chi connectivity index (χ2v) is 2.29. The Kier molecular flexibility index (Phi) is 2.69. The van der Waals surface area contributed by atoms with Crippen LogP contribution in [0.25, 0.3) is 10.9 Å². The van der Waals surface area contributed by atoms with Crippen LogP contribution in [0.15, 0.2) is 30.3 Å². The van der Waals surface area contributed by atoms with E-state index in [0.717, 1.165) is 5.39 Å². The number of hydrogen-bond donors (Lipinski definition) is 1. The first kappa shape index (κ1) is 9.04. The maximum Gasteiger partial charge on any atom is 1.00 e. The van der Waals surface area contributed by atoms with Crippen LogP contribution in [0.1, 0.15) is 0 Å². The SMILES string of the molecule is Oc1cccc2cc[c-]nc12.[Cu+]. The van der Waals surface area contributed by atoms with E-state index < -0.39 is 0 Å². The van der Waals surface area contributed by atoms with Crippen molar-refractivity contribution in [2.24, 2.45) is 0 Å². The van der Waals surface area contributed by atoms with Gasteiger partial charge in [0.15, 0.2) is 0 Å². The van der Waals surface area contributed by atoms with Crippen LogP contribution in [0.5, 0.6) is 5.75 Å². The van der Waals surface area contributed by atoms with E-state index in [0.29, 0.717) is 5.52 Å². The fourth-order valence-corrected chi connectivity index (χ4v) is 1.03. The molecule has 0 spiro atoms. The molecule has 2 aromatic rings. The number of fused-ring (bicyclic) bond motifs is 1. The summed E-state index contributed by atoms with van der Waals surface area (Å²) in [5.74, 6) is 0.208. The normalized spacial score (nSPS) is 9.33. The van der Waals surface area contributed by atoms with Crippen molar-refractivity contribution in [1.82, 2.24) is 4.98 Å². The quantitative estimate of drug-likeness (QED) is 0.528. The molecule has 0 saturated carbocycles. The number of pyridine rings is 1. The van der Waals surface area contributed by atoms with E-state index in [1.165, 1.54) is 0 Å². The van der Waals surface area contributed by atoms with Gasteiger partial charge in [-0.25, -0.2) is 0 Å². The van der Waals surface area contributed by atoms with Crippen molar-refractivity contribution in [1.29, 1.82) is 0 Å². The van der Waals surface area contributed by atoms with Crippen LogP contribution in [0.3, 0.4) is 0 Å². The number of benzene rings is 1. The molecule has 2 rings (SSSR count). The number of para-hydroxylation sites is 1. The minimum atomic E-state index is 0. The fourth-order valence-electron chi connectivity index (χ4n) is 1.03. The zero-order valence-electron chi connectivity index (χ0n) is 6.08. The minimum Gasteiger partial charge on any atom is -0.519 e. The Hall–Kier alpha value is -1.05. The van der Waals surface area contributed by atoms with Gasteiger partial charge in [0.05, 0.1) is 5.75 Å². The third-order valence-corrected chi connectivity index (χ3v) is 1.56. The van der Waals surface area contributed by atoms with Gasteiger partial charge in [-0.1, -0.05) is 18.3 Å². The second-order valence-electron chi connectivity index (χ2n) is 2.29. The summed E-state index contributed by atoms with van der Waals surface area (Å²) in [7, 11) is 0. The first-order valence-corrected chi connectivity index (χ1v) is 3.33. The van der Waals surface area contributed by atoms with E-state index in [1.54, 1.807) is 18.2 Å². The van der Waals surface area contributed by atoms with E-state index >= 15 is 0 Å². The summed E-state index contributed by atoms with van der Waals surface area (Å²) < 4.78 is 0. The largest absolute Gasteiger partial charge is 1.00 e. The van der Waals surface area contributed by atoms with Crippen LogP contribution in [-0.2, 0) is 17.1 Å². The first-order valence-electron chi connectivity index (χ1n) is 3.33. The molecule has 0 amide bonds. The molecule has 0 fully saturated rings. The van der Waals surface area contributed by atoms with E-state index in [9.17, 15) is 5.11 Å². The van der Waals surface area contributed by atoms with Gasteiger partial charge >= 0.3 is 17.1 Å². The van der Waals surface area contributed by atoms with Crippen LogP contribution in [0, 0.1) is 6.20 Å². The fraction of sp³-hybridized carbons (Fsp3) is 0. The number of hydrogen-bond acceptors (Lipinski definition) is 2. The standard InChI is InChI=1S/C9H6NO.Cu/c11-8-5-1-3-7-4-2-6-10-9(7)8;/h1-5,11H;/q-1;+1.